The van der Waals surface area contributed by atoms with Crippen LogP contribution in [0.4, 0.5) is 11.5 Å². The number of nitrogens with one attached hydrogen (secondary N) is 1. The largest absolute Gasteiger partial charge is 0.369 e. The Kier molecular flexibility index (Phi) is 4.93. The van der Waals surface area contributed by atoms with Crippen molar-refractivity contribution >= 4 is 17.4 Å². The number of carbonyl (C=O) groups excluding carboxylic acids is 1. The molecule has 0 atom stereocenters. The normalized spacial score (nSPS) is 10.2. The third kappa shape index (κ3) is 3.40. The van der Waals surface area contributed by atoms with Crippen molar-refractivity contribution in [2.24, 2.45) is 0 Å². The molecule has 0 saturated heterocycles. The molecule has 1 aromatic carbocycles. The lowest BCUT2D eigenvalue weighted by atomic mass is 10.1. The molecule has 21 heavy (non-hydrogen) atoms. The molecule has 1 N–H and O–H groups in total. The van der Waals surface area contributed by atoms with E-state index >= 15 is 0 Å². The second-order valence-corrected chi connectivity index (χ2v) is 4.98. The van der Waals surface area contributed by atoms with Gasteiger partial charge in [0.25, 0.3) is 5.91 Å². The lowest BCUT2D eigenvalue weighted by Gasteiger charge is -2.20. The monoisotopic (exact) mass is 283 g/mol. The van der Waals surface area contributed by atoms with E-state index < -0.39 is 0 Å². The first-order chi connectivity index (χ1) is 10.1. The summed E-state index contributed by atoms with van der Waals surface area (Å²) in [7, 11) is 1.79. The Balaban J connectivity index is 2.30. The van der Waals surface area contributed by atoms with Crippen LogP contribution >= 0.6 is 0 Å². The van der Waals surface area contributed by atoms with Gasteiger partial charge in [-0.15, -0.1) is 0 Å². The highest BCUT2D eigenvalue weighted by molar-refractivity contribution is 6.09. The molecule has 1 heterocycles. The summed E-state index contributed by atoms with van der Waals surface area (Å²) in [4.78, 5) is 18.7. The van der Waals surface area contributed by atoms with Crippen LogP contribution in [0.5, 0.6) is 0 Å². The van der Waals surface area contributed by atoms with Crippen molar-refractivity contribution in [1.82, 2.24) is 4.98 Å². The molecule has 0 fully saturated rings. The number of hydrogen-bond acceptors (Lipinski definition) is 3. The summed E-state index contributed by atoms with van der Waals surface area (Å²) in [6.45, 7) is 4.88. The van der Waals surface area contributed by atoms with Gasteiger partial charge in [-0.2, -0.15) is 0 Å². The molecule has 1 aromatic heterocycles. The molecule has 0 aliphatic rings. The number of carbonyl (C=O) groups is 1. The molecular formula is C17H21N3O. The second-order valence-electron chi connectivity index (χ2n) is 4.98. The van der Waals surface area contributed by atoms with Crippen molar-refractivity contribution in [1.29, 1.82) is 0 Å². The molecule has 4 nitrogen and oxygen atoms in total. The minimum Gasteiger partial charge on any atom is -0.369 e. The average molecular weight is 283 g/mol. The van der Waals surface area contributed by atoms with Crippen molar-refractivity contribution < 1.29 is 4.79 Å². The maximum Gasteiger partial charge on any atom is 0.261 e. The first kappa shape index (κ1) is 15.0. The highest BCUT2D eigenvalue weighted by atomic mass is 16.2. The maximum atomic E-state index is 12.7. The predicted octanol–water partition coefficient (Wildman–Crippen LogP) is 3.49. The molecule has 2 aromatic rings. The zero-order valence-corrected chi connectivity index (χ0v) is 12.8. The number of para-hydroxylation sites is 1. The van der Waals surface area contributed by atoms with Gasteiger partial charge in [0.15, 0.2) is 0 Å². The van der Waals surface area contributed by atoms with Crippen molar-refractivity contribution in [3.05, 3.63) is 53.7 Å². The Hall–Kier alpha value is -2.36. The molecule has 0 aliphatic carbocycles. The Morgan fingerprint density at radius 1 is 1.24 bits per heavy atom. The minimum atomic E-state index is -0.0593. The van der Waals surface area contributed by atoms with E-state index in [2.05, 4.69) is 17.2 Å². The third-order valence-corrected chi connectivity index (χ3v) is 3.36. The van der Waals surface area contributed by atoms with Crippen LogP contribution in [0, 0.1) is 6.92 Å². The smallest absolute Gasteiger partial charge is 0.261 e. The lowest BCUT2D eigenvalue weighted by Crippen LogP contribution is -2.28. The van der Waals surface area contributed by atoms with Gasteiger partial charge in [0.1, 0.15) is 5.82 Å². The summed E-state index contributed by atoms with van der Waals surface area (Å²) in [5.74, 6) is 0.584. The van der Waals surface area contributed by atoms with Crippen LogP contribution in [0.15, 0.2) is 42.6 Å². The van der Waals surface area contributed by atoms with E-state index in [9.17, 15) is 4.79 Å². The fourth-order valence-electron chi connectivity index (χ4n) is 2.19. The number of aryl methyl sites for hydroxylation is 1. The van der Waals surface area contributed by atoms with Gasteiger partial charge in [-0.25, -0.2) is 4.98 Å². The van der Waals surface area contributed by atoms with Crippen LogP contribution in [-0.2, 0) is 0 Å². The summed E-state index contributed by atoms with van der Waals surface area (Å²) < 4.78 is 0. The molecule has 0 spiro atoms. The standard InChI is InChI=1S/C17H21N3O/c1-4-11-18-16-14(9-7-12-19-16)17(21)20(3)15-10-6-5-8-13(15)2/h5-10,12H,4,11H2,1-3H3,(H,18,19). The van der Waals surface area contributed by atoms with Crippen LogP contribution in [-0.4, -0.2) is 24.5 Å². The number of hydrogen-bond donors (Lipinski definition) is 1. The zero-order valence-electron chi connectivity index (χ0n) is 12.8. The maximum absolute atomic E-state index is 12.7. The van der Waals surface area contributed by atoms with Gasteiger partial charge < -0.3 is 10.2 Å². The molecule has 1 amide bonds. The van der Waals surface area contributed by atoms with Gasteiger partial charge in [0.2, 0.25) is 0 Å². The van der Waals surface area contributed by atoms with Gasteiger partial charge in [-0.3, -0.25) is 4.79 Å². The van der Waals surface area contributed by atoms with E-state index in [1.807, 2.05) is 37.3 Å². The van der Waals surface area contributed by atoms with Crippen molar-refractivity contribution in [3.8, 4) is 0 Å². The lowest BCUT2D eigenvalue weighted by molar-refractivity contribution is 0.0993. The molecular weight excluding hydrogens is 262 g/mol. The van der Waals surface area contributed by atoms with Gasteiger partial charge in [-0.05, 0) is 37.1 Å². The van der Waals surface area contributed by atoms with Crippen molar-refractivity contribution in [3.63, 3.8) is 0 Å². The first-order valence-corrected chi connectivity index (χ1v) is 7.17. The molecule has 0 radical (unpaired) electrons. The van der Waals surface area contributed by atoms with Gasteiger partial charge in [0, 0.05) is 25.5 Å². The third-order valence-electron chi connectivity index (χ3n) is 3.36. The summed E-state index contributed by atoms with van der Waals surface area (Å²) in [6, 6.07) is 11.4. The summed E-state index contributed by atoms with van der Waals surface area (Å²) in [5, 5.41) is 3.21. The zero-order chi connectivity index (χ0) is 15.2. The van der Waals surface area contributed by atoms with Crippen LogP contribution in [0.3, 0.4) is 0 Å². The number of pyridine rings is 1. The van der Waals surface area contributed by atoms with E-state index in [1.54, 1.807) is 24.2 Å². The van der Waals surface area contributed by atoms with E-state index in [1.165, 1.54) is 0 Å². The van der Waals surface area contributed by atoms with Gasteiger partial charge in [-0.1, -0.05) is 25.1 Å². The number of nitrogens with zero attached hydrogens (tertiary/aromatic N) is 2. The number of aromatic nitrogens is 1. The fourth-order valence-corrected chi connectivity index (χ4v) is 2.19. The van der Waals surface area contributed by atoms with Crippen LogP contribution in [0.2, 0.25) is 0 Å². The van der Waals surface area contributed by atoms with E-state index in [0.29, 0.717) is 11.4 Å². The van der Waals surface area contributed by atoms with Gasteiger partial charge >= 0.3 is 0 Å². The molecule has 0 aliphatic heterocycles. The second kappa shape index (κ2) is 6.88. The highest BCUT2D eigenvalue weighted by Gasteiger charge is 2.18. The van der Waals surface area contributed by atoms with Crippen molar-refractivity contribution in [2.75, 3.05) is 23.8 Å². The summed E-state index contributed by atoms with van der Waals surface area (Å²) >= 11 is 0. The quantitative estimate of drug-likeness (QED) is 0.913. The molecule has 4 heteroatoms. The summed E-state index contributed by atoms with van der Waals surface area (Å²) in [5.41, 5.74) is 2.57. The van der Waals surface area contributed by atoms with Gasteiger partial charge in [0.05, 0.1) is 5.56 Å². The predicted molar refractivity (Wildman–Crippen MR) is 86.9 cm³/mol. The average Bonchev–Trinajstić information content (AvgIpc) is 2.52. The topological polar surface area (TPSA) is 45.2 Å². The van der Waals surface area contributed by atoms with Crippen LogP contribution in [0.1, 0.15) is 29.3 Å². The number of rotatable bonds is 5. The number of amides is 1. The minimum absolute atomic E-state index is 0.0593. The van der Waals surface area contributed by atoms with Crippen LogP contribution in [0.25, 0.3) is 0 Å². The Bertz CT molecular complexity index is 625. The van der Waals surface area contributed by atoms with E-state index in [-0.39, 0.29) is 5.91 Å². The summed E-state index contributed by atoms with van der Waals surface area (Å²) in [6.07, 6.45) is 2.68. The Morgan fingerprint density at radius 2 is 2.00 bits per heavy atom. The molecule has 0 saturated carbocycles. The van der Waals surface area contributed by atoms with Crippen LogP contribution < -0.4 is 10.2 Å². The fraction of sp³-hybridized carbons (Fsp3) is 0.294. The molecule has 0 bridgehead atoms. The Morgan fingerprint density at radius 3 is 2.71 bits per heavy atom. The van der Waals surface area contributed by atoms with Crippen molar-refractivity contribution in [2.45, 2.75) is 20.3 Å². The first-order valence-electron chi connectivity index (χ1n) is 7.17. The number of anilines is 2. The SMILES string of the molecule is CCCNc1ncccc1C(=O)N(C)c1ccccc1C. The van der Waals surface area contributed by atoms with E-state index in [4.69, 9.17) is 0 Å². The molecule has 2 rings (SSSR count). The Labute approximate surface area is 125 Å². The van der Waals surface area contributed by atoms with E-state index in [0.717, 1.165) is 24.2 Å². The molecule has 0 unspecified atom stereocenters. The molecule has 110 valence electrons. The number of benzene rings is 1. The highest BCUT2D eigenvalue weighted by Crippen LogP contribution is 2.22.